The second-order valence-electron chi connectivity index (χ2n) is 6.93. The highest BCUT2D eigenvalue weighted by Gasteiger charge is 2.26. The number of aromatic nitrogens is 1. The molecule has 9 heteroatoms. The van der Waals surface area contributed by atoms with Gasteiger partial charge in [0.15, 0.2) is 5.13 Å². The number of hydrogen-bond acceptors (Lipinski definition) is 6. The lowest BCUT2D eigenvalue weighted by molar-refractivity contribution is -0.120. The van der Waals surface area contributed by atoms with Crippen molar-refractivity contribution in [1.82, 2.24) is 10.3 Å². The normalized spacial score (nSPS) is 12.9. The highest BCUT2D eigenvalue weighted by atomic mass is 32.2. The van der Waals surface area contributed by atoms with E-state index in [0.29, 0.717) is 17.4 Å². The predicted molar refractivity (Wildman–Crippen MR) is 123 cm³/mol. The lowest BCUT2D eigenvalue weighted by Gasteiger charge is -2.28. The molecule has 1 aliphatic heterocycles. The minimum absolute atomic E-state index is 0.0524. The summed E-state index contributed by atoms with van der Waals surface area (Å²) in [5.41, 5.74) is 3.42. The van der Waals surface area contributed by atoms with Gasteiger partial charge in [-0.25, -0.2) is 4.98 Å². The van der Waals surface area contributed by atoms with Crippen molar-refractivity contribution in [3.05, 3.63) is 59.5 Å². The summed E-state index contributed by atoms with van der Waals surface area (Å²) in [6, 6.07) is 15.3. The van der Waals surface area contributed by atoms with E-state index in [-0.39, 0.29) is 24.3 Å². The third-order valence-corrected chi connectivity index (χ3v) is 6.46. The average Bonchev–Trinajstić information content (AvgIpc) is 3.23. The van der Waals surface area contributed by atoms with Gasteiger partial charge in [0.2, 0.25) is 17.7 Å². The monoisotopic (exact) mass is 452 g/mol. The SMILES string of the molecule is CC(=O)NCc1ccc(-c2csc(NC(=O)CN3C(=O)CSc4ccccc43)n2)cc1. The number of thioether (sulfide) groups is 1. The van der Waals surface area contributed by atoms with Gasteiger partial charge in [0.1, 0.15) is 6.54 Å². The van der Waals surface area contributed by atoms with Gasteiger partial charge in [-0.15, -0.1) is 23.1 Å². The first-order valence-electron chi connectivity index (χ1n) is 9.61. The Kier molecular flexibility index (Phi) is 6.34. The number of carbonyl (C=O) groups excluding carboxylic acids is 3. The molecular weight excluding hydrogens is 432 g/mol. The molecule has 0 fully saturated rings. The predicted octanol–water partition coefficient (Wildman–Crippen LogP) is 3.52. The molecule has 0 saturated carbocycles. The number of carbonyl (C=O) groups is 3. The van der Waals surface area contributed by atoms with Crippen LogP contribution in [0.5, 0.6) is 0 Å². The van der Waals surface area contributed by atoms with Crippen LogP contribution in [0.15, 0.2) is 58.8 Å². The van der Waals surface area contributed by atoms with Crippen molar-refractivity contribution in [3.8, 4) is 11.3 Å². The number of fused-ring (bicyclic) bond motifs is 1. The van der Waals surface area contributed by atoms with Gasteiger partial charge in [0.25, 0.3) is 0 Å². The van der Waals surface area contributed by atoms with Crippen molar-refractivity contribution in [2.75, 3.05) is 22.5 Å². The Morgan fingerprint density at radius 3 is 2.68 bits per heavy atom. The van der Waals surface area contributed by atoms with Crippen molar-refractivity contribution >= 4 is 51.6 Å². The molecule has 3 amide bonds. The Morgan fingerprint density at radius 1 is 1.13 bits per heavy atom. The Balaban J connectivity index is 1.39. The summed E-state index contributed by atoms with van der Waals surface area (Å²) in [7, 11) is 0. The molecule has 2 N–H and O–H groups in total. The number of benzene rings is 2. The maximum Gasteiger partial charge on any atom is 0.246 e. The van der Waals surface area contributed by atoms with Crippen LogP contribution in [-0.4, -0.2) is 35.0 Å². The van der Waals surface area contributed by atoms with E-state index in [1.165, 1.54) is 34.9 Å². The lowest BCUT2D eigenvalue weighted by Crippen LogP contribution is -2.41. The molecule has 0 unspecified atom stereocenters. The van der Waals surface area contributed by atoms with Crippen LogP contribution in [0.4, 0.5) is 10.8 Å². The van der Waals surface area contributed by atoms with Crippen molar-refractivity contribution in [2.24, 2.45) is 0 Å². The van der Waals surface area contributed by atoms with E-state index < -0.39 is 0 Å². The van der Waals surface area contributed by atoms with Crippen molar-refractivity contribution in [2.45, 2.75) is 18.4 Å². The number of para-hydroxylation sites is 1. The van der Waals surface area contributed by atoms with Crippen LogP contribution in [0.25, 0.3) is 11.3 Å². The van der Waals surface area contributed by atoms with Gasteiger partial charge < -0.3 is 15.5 Å². The molecule has 0 spiro atoms. The van der Waals surface area contributed by atoms with E-state index in [0.717, 1.165) is 27.4 Å². The second kappa shape index (κ2) is 9.32. The van der Waals surface area contributed by atoms with E-state index in [9.17, 15) is 14.4 Å². The van der Waals surface area contributed by atoms with E-state index in [2.05, 4.69) is 15.6 Å². The van der Waals surface area contributed by atoms with E-state index in [1.54, 1.807) is 0 Å². The quantitative estimate of drug-likeness (QED) is 0.597. The maximum absolute atomic E-state index is 12.6. The summed E-state index contributed by atoms with van der Waals surface area (Å²) >= 11 is 2.82. The molecule has 7 nitrogen and oxygen atoms in total. The minimum atomic E-state index is -0.290. The number of anilines is 2. The second-order valence-corrected chi connectivity index (χ2v) is 8.80. The number of hydrogen-bond donors (Lipinski definition) is 2. The minimum Gasteiger partial charge on any atom is -0.352 e. The molecule has 0 aliphatic carbocycles. The molecule has 0 atom stereocenters. The zero-order chi connectivity index (χ0) is 21.8. The lowest BCUT2D eigenvalue weighted by atomic mass is 10.1. The summed E-state index contributed by atoms with van der Waals surface area (Å²) in [5.74, 6) is -0.124. The zero-order valence-corrected chi connectivity index (χ0v) is 18.4. The third-order valence-electron chi connectivity index (χ3n) is 4.65. The smallest absolute Gasteiger partial charge is 0.246 e. The van der Waals surface area contributed by atoms with Crippen molar-refractivity contribution < 1.29 is 14.4 Å². The summed E-state index contributed by atoms with van der Waals surface area (Å²) < 4.78 is 0. The number of rotatable bonds is 6. The van der Waals surface area contributed by atoms with Gasteiger partial charge in [-0.1, -0.05) is 36.4 Å². The van der Waals surface area contributed by atoms with Crippen LogP contribution < -0.4 is 15.5 Å². The van der Waals surface area contributed by atoms with Gasteiger partial charge >= 0.3 is 0 Å². The van der Waals surface area contributed by atoms with Gasteiger partial charge in [-0.3, -0.25) is 14.4 Å². The fourth-order valence-corrected chi connectivity index (χ4v) is 4.78. The van der Waals surface area contributed by atoms with Crippen LogP contribution in [0.1, 0.15) is 12.5 Å². The highest BCUT2D eigenvalue weighted by Crippen LogP contribution is 2.34. The molecule has 2 aromatic carbocycles. The fraction of sp³-hybridized carbons (Fsp3) is 0.182. The first kappa shape index (κ1) is 21.1. The molecule has 1 aliphatic rings. The molecular formula is C22H20N4O3S2. The summed E-state index contributed by atoms with van der Waals surface area (Å²) in [4.78, 5) is 42.9. The van der Waals surface area contributed by atoms with Crippen LogP contribution >= 0.6 is 23.1 Å². The van der Waals surface area contributed by atoms with Crippen LogP contribution in [0.3, 0.4) is 0 Å². The number of thiazole rings is 1. The van der Waals surface area contributed by atoms with Gasteiger partial charge in [0, 0.05) is 29.3 Å². The van der Waals surface area contributed by atoms with Gasteiger partial charge in [-0.2, -0.15) is 0 Å². The molecule has 1 aromatic heterocycles. The van der Waals surface area contributed by atoms with E-state index >= 15 is 0 Å². The van der Waals surface area contributed by atoms with Crippen LogP contribution in [0, 0.1) is 0 Å². The Hall–Kier alpha value is -3.17. The summed E-state index contributed by atoms with van der Waals surface area (Å²) in [5, 5.41) is 7.91. The standard InChI is InChI=1S/C22H20N4O3S2/c1-14(27)23-10-15-6-8-16(9-7-15)17-12-31-22(24-17)25-20(28)11-26-18-4-2-3-5-19(18)30-13-21(26)29/h2-9,12H,10-11,13H2,1H3,(H,23,27)(H,24,25,28). The summed E-state index contributed by atoms with van der Waals surface area (Å²) in [6.45, 7) is 1.91. The Bertz CT molecular complexity index is 1130. The molecule has 0 radical (unpaired) electrons. The molecule has 0 saturated heterocycles. The first-order valence-corrected chi connectivity index (χ1v) is 11.5. The maximum atomic E-state index is 12.6. The zero-order valence-electron chi connectivity index (χ0n) is 16.8. The molecule has 0 bridgehead atoms. The highest BCUT2D eigenvalue weighted by molar-refractivity contribution is 8.00. The third kappa shape index (κ3) is 5.12. The number of amides is 3. The van der Waals surface area contributed by atoms with E-state index in [4.69, 9.17) is 0 Å². The van der Waals surface area contributed by atoms with Gasteiger partial charge in [-0.05, 0) is 17.7 Å². The Labute approximate surface area is 187 Å². The Morgan fingerprint density at radius 2 is 1.90 bits per heavy atom. The molecule has 31 heavy (non-hydrogen) atoms. The average molecular weight is 453 g/mol. The molecule has 158 valence electrons. The number of nitrogens with zero attached hydrogens (tertiary/aromatic N) is 2. The van der Waals surface area contributed by atoms with Gasteiger partial charge in [0.05, 0.1) is 17.1 Å². The topological polar surface area (TPSA) is 91.4 Å². The summed E-state index contributed by atoms with van der Waals surface area (Å²) in [6.07, 6.45) is 0. The van der Waals surface area contributed by atoms with E-state index in [1.807, 2.05) is 53.9 Å². The van der Waals surface area contributed by atoms with Crippen LogP contribution in [0.2, 0.25) is 0 Å². The fourth-order valence-electron chi connectivity index (χ4n) is 3.11. The van der Waals surface area contributed by atoms with Crippen molar-refractivity contribution in [1.29, 1.82) is 0 Å². The largest absolute Gasteiger partial charge is 0.352 e. The molecule has 2 heterocycles. The molecule has 4 rings (SSSR count). The number of nitrogens with one attached hydrogen (secondary N) is 2. The molecule has 3 aromatic rings. The van der Waals surface area contributed by atoms with Crippen molar-refractivity contribution in [3.63, 3.8) is 0 Å². The van der Waals surface area contributed by atoms with Crippen LogP contribution in [-0.2, 0) is 20.9 Å². The first-order chi connectivity index (χ1) is 15.0.